The molecule has 1 atom stereocenters. The highest BCUT2D eigenvalue weighted by Gasteiger charge is 2.20. The van der Waals surface area contributed by atoms with E-state index in [9.17, 15) is 0 Å². The smallest absolute Gasteiger partial charge is 0.0847 e. The van der Waals surface area contributed by atoms with Crippen molar-refractivity contribution in [3.05, 3.63) is 50.2 Å². The van der Waals surface area contributed by atoms with Crippen LogP contribution < -0.4 is 5.32 Å². The Labute approximate surface area is 140 Å². The third-order valence-electron chi connectivity index (χ3n) is 3.45. The lowest BCUT2D eigenvalue weighted by Crippen LogP contribution is -2.24. The second kappa shape index (κ2) is 7.01. The van der Waals surface area contributed by atoms with Crippen LogP contribution in [-0.4, -0.2) is 16.3 Å². The predicted octanol–water partition coefficient (Wildman–Crippen LogP) is 4.58. The van der Waals surface area contributed by atoms with Gasteiger partial charge in [-0.05, 0) is 31.2 Å². The molecule has 2 rings (SSSR count). The van der Waals surface area contributed by atoms with Crippen molar-refractivity contribution in [1.82, 2.24) is 15.1 Å². The van der Waals surface area contributed by atoms with E-state index in [0.717, 1.165) is 23.5 Å². The molecule has 0 aliphatic rings. The van der Waals surface area contributed by atoms with E-state index in [4.69, 9.17) is 34.8 Å². The van der Waals surface area contributed by atoms with Crippen LogP contribution in [0.4, 0.5) is 0 Å². The molecular weight excluding hydrogens is 329 g/mol. The number of nitrogens with zero attached hydrogens (tertiary/aromatic N) is 2. The average Bonchev–Trinajstić information content (AvgIpc) is 2.65. The number of benzene rings is 1. The van der Waals surface area contributed by atoms with Crippen molar-refractivity contribution in [3.8, 4) is 0 Å². The van der Waals surface area contributed by atoms with Crippen LogP contribution in [0.3, 0.4) is 0 Å². The number of nitrogens with one attached hydrogen (secondary N) is 1. The molecule has 1 unspecified atom stereocenters. The molecule has 6 heteroatoms. The number of aryl methyl sites for hydroxylation is 2. The maximum atomic E-state index is 6.35. The Hall–Kier alpha value is -0.740. The van der Waals surface area contributed by atoms with Crippen molar-refractivity contribution in [3.63, 3.8) is 0 Å². The third kappa shape index (κ3) is 3.72. The summed E-state index contributed by atoms with van der Waals surface area (Å²) in [5, 5.41) is 9.80. The molecule has 21 heavy (non-hydrogen) atoms. The van der Waals surface area contributed by atoms with E-state index in [1.54, 1.807) is 6.07 Å². The van der Waals surface area contributed by atoms with Gasteiger partial charge in [0.25, 0.3) is 0 Å². The molecule has 1 aromatic carbocycles. The highest BCUT2D eigenvalue weighted by molar-refractivity contribution is 6.35. The first-order chi connectivity index (χ1) is 9.93. The predicted molar refractivity (Wildman–Crippen MR) is 89.5 cm³/mol. The van der Waals surface area contributed by atoms with Crippen LogP contribution in [0.15, 0.2) is 18.2 Å². The van der Waals surface area contributed by atoms with Gasteiger partial charge in [0.05, 0.1) is 16.4 Å². The second-order valence-electron chi connectivity index (χ2n) is 4.95. The van der Waals surface area contributed by atoms with Gasteiger partial charge in [0.1, 0.15) is 0 Å². The number of hydrogen-bond donors (Lipinski definition) is 1. The van der Waals surface area contributed by atoms with Crippen molar-refractivity contribution in [2.75, 3.05) is 6.54 Å². The van der Waals surface area contributed by atoms with Crippen molar-refractivity contribution >= 4 is 34.8 Å². The summed E-state index contributed by atoms with van der Waals surface area (Å²) in [5.74, 6) is 0. The van der Waals surface area contributed by atoms with Crippen LogP contribution in [0.5, 0.6) is 0 Å². The van der Waals surface area contributed by atoms with E-state index in [-0.39, 0.29) is 6.04 Å². The molecule has 0 fully saturated rings. The molecule has 0 aliphatic heterocycles. The largest absolute Gasteiger partial charge is 0.310 e. The maximum absolute atomic E-state index is 6.35. The van der Waals surface area contributed by atoms with Gasteiger partial charge < -0.3 is 5.32 Å². The first-order valence-corrected chi connectivity index (χ1v) is 7.93. The van der Waals surface area contributed by atoms with Crippen molar-refractivity contribution in [2.24, 2.45) is 7.05 Å². The topological polar surface area (TPSA) is 29.9 Å². The molecule has 0 bridgehead atoms. The minimum atomic E-state index is 0.0621. The van der Waals surface area contributed by atoms with E-state index in [1.165, 1.54) is 0 Å². The maximum Gasteiger partial charge on any atom is 0.0847 e. The van der Waals surface area contributed by atoms with E-state index >= 15 is 0 Å². The molecule has 0 aliphatic carbocycles. The quantitative estimate of drug-likeness (QED) is 0.858. The first kappa shape index (κ1) is 16.6. The summed E-state index contributed by atoms with van der Waals surface area (Å²) in [4.78, 5) is 0. The summed E-state index contributed by atoms with van der Waals surface area (Å²) < 4.78 is 1.83. The van der Waals surface area contributed by atoms with Crippen LogP contribution in [-0.2, 0) is 13.5 Å². The molecular formula is C15H18Cl3N3. The third-order valence-corrected chi connectivity index (χ3v) is 4.50. The lowest BCUT2D eigenvalue weighted by atomic mass is 10.0. The number of aromatic nitrogens is 2. The molecule has 1 N–H and O–H groups in total. The zero-order valence-corrected chi connectivity index (χ0v) is 14.5. The lowest BCUT2D eigenvalue weighted by Gasteiger charge is -2.20. The van der Waals surface area contributed by atoms with Gasteiger partial charge in [-0.1, -0.05) is 47.8 Å². The monoisotopic (exact) mass is 345 g/mol. The summed E-state index contributed by atoms with van der Waals surface area (Å²) >= 11 is 18.6. The van der Waals surface area contributed by atoms with Crippen molar-refractivity contribution < 1.29 is 0 Å². The standard InChI is InChI=1S/C15H18Cl3N3/c1-4-19-13(11-6-5-10(16)7-12(11)17)8-14-15(18)9(2)20-21(14)3/h5-7,13,19H,4,8H2,1-3H3. The van der Waals surface area contributed by atoms with Gasteiger partial charge in [-0.3, -0.25) is 4.68 Å². The molecule has 3 nitrogen and oxygen atoms in total. The fourth-order valence-corrected chi connectivity index (χ4v) is 3.20. The second-order valence-corrected chi connectivity index (χ2v) is 6.17. The normalized spacial score (nSPS) is 12.7. The number of halogens is 3. The number of hydrogen-bond acceptors (Lipinski definition) is 2. The van der Waals surface area contributed by atoms with Gasteiger partial charge in [0.15, 0.2) is 0 Å². The molecule has 0 saturated heterocycles. The number of likely N-dealkylation sites (N-methyl/N-ethyl adjacent to an activating group) is 1. The molecule has 0 saturated carbocycles. The minimum Gasteiger partial charge on any atom is -0.310 e. The summed E-state index contributed by atoms with van der Waals surface area (Å²) in [5.41, 5.74) is 2.84. The summed E-state index contributed by atoms with van der Waals surface area (Å²) in [7, 11) is 1.90. The summed E-state index contributed by atoms with van der Waals surface area (Å²) in [6, 6.07) is 5.63. The van der Waals surface area contributed by atoms with Gasteiger partial charge >= 0.3 is 0 Å². The van der Waals surface area contributed by atoms with Gasteiger partial charge in [0, 0.05) is 29.6 Å². The molecule has 114 valence electrons. The van der Waals surface area contributed by atoms with Crippen LogP contribution >= 0.6 is 34.8 Å². The highest BCUT2D eigenvalue weighted by atomic mass is 35.5. The zero-order chi connectivity index (χ0) is 15.6. The van der Waals surface area contributed by atoms with Crippen LogP contribution in [0.1, 0.15) is 29.9 Å². The minimum absolute atomic E-state index is 0.0621. The Kier molecular flexibility index (Phi) is 5.55. The van der Waals surface area contributed by atoms with Crippen LogP contribution in [0, 0.1) is 6.92 Å². The Morgan fingerprint density at radius 1 is 1.29 bits per heavy atom. The molecule has 1 heterocycles. The van der Waals surface area contributed by atoms with E-state index in [0.29, 0.717) is 21.5 Å². The molecule has 2 aromatic rings. The molecule has 0 radical (unpaired) electrons. The number of rotatable bonds is 5. The fourth-order valence-electron chi connectivity index (χ4n) is 2.42. The van der Waals surface area contributed by atoms with E-state index < -0.39 is 0 Å². The van der Waals surface area contributed by atoms with Gasteiger partial charge in [0.2, 0.25) is 0 Å². The Morgan fingerprint density at radius 3 is 2.52 bits per heavy atom. The molecule has 0 spiro atoms. The Bertz CT molecular complexity index is 637. The van der Waals surface area contributed by atoms with E-state index in [1.807, 2.05) is 30.8 Å². The van der Waals surface area contributed by atoms with Crippen LogP contribution in [0.2, 0.25) is 15.1 Å². The van der Waals surface area contributed by atoms with Crippen LogP contribution in [0.25, 0.3) is 0 Å². The Balaban J connectivity index is 2.35. The summed E-state index contributed by atoms with van der Waals surface area (Å²) in [6.45, 7) is 4.80. The van der Waals surface area contributed by atoms with E-state index in [2.05, 4.69) is 17.3 Å². The molecule has 0 amide bonds. The van der Waals surface area contributed by atoms with Gasteiger partial charge in [-0.15, -0.1) is 0 Å². The summed E-state index contributed by atoms with van der Waals surface area (Å²) in [6.07, 6.45) is 0.714. The highest BCUT2D eigenvalue weighted by Crippen LogP contribution is 2.30. The lowest BCUT2D eigenvalue weighted by molar-refractivity contribution is 0.529. The Morgan fingerprint density at radius 2 is 2.00 bits per heavy atom. The van der Waals surface area contributed by atoms with Crippen molar-refractivity contribution in [1.29, 1.82) is 0 Å². The zero-order valence-electron chi connectivity index (χ0n) is 12.3. The molecule has 1 aromatic heterocycles. The van der Waals surface area contributed by atoms with Gasteiger partial charge in [-0.25, -0.2) is 0 Å². The van der Waals surface area contributed by atoms with Gasteiger partial charge in [-0.2, -0.15) is 5.10 Å². The first-order valence-electron chi connectivity index (χ1n) is 6.80. The fraction of sp³-hybridized carbons (Fsp3) is 0.400. The van der Waals surface area contributed by atoms with Crippen molar-refractivity contribution in [2.45, 2.75) is 26.3 Å². The average molecular weight is 347 g/mol. The SMILES string of the molecule is CCNC(Cc1c(Cl)c(C)nn1C)c1ccc(Cl)cc1Cl.